The van der Waals surface area contributed by atoms with Gasteiger partial charge in [0, 0.05) is 18.3 Å². The highest BCUT2D eigenvalue weighted by molar-refractivity contribution is 8.15. The average molecular weight is 212 g/mol. The molecule has 2 N–H and O–H groups in total. The van der Waals surface area contributed by atoms with Crippen LogP contribution in [-0.4, -0.2) is 29.0 Å². The van der Waals surface area contributed by atoms with Crippen LogP contribution >= 0.6 is 11.1 Å². The first-order valence-electron chi connectivity index (χ1n) is 5.31. The van der Waals surface area contributed by atoms with Crippen molar-refractivity contribution in [1.29, 1.82) is 0 Å². The minimum Gasteiger partial charge on any atom is -0.371 e. The van der Waals surface area contributed by atoms with Gasteiger partial charge in [-0.15, -0.1) is 0 Å². The highest BCUT2D eigenvalue weighted by atomic mass is 32.2. The minimum atomic E-state index is -0.192. The summed E-state index contributed by atoms with van der Waals surface area (Å²) >= 11 is -0.192. The van der Waals surface area contributed by atoms with Crippen LogP contribution in [0.1, 0.15) is 20.3 Å². The van der Waals surface area contributed by atoms with E-state index < -0.39 is 0 Å². The lowest BCUT2D eigenvalue weighted by Crippen LogP contribution is -2.32. The van der Waals surface area contributed by atoms with Crippen molar-refractivity contribution in [3.05, 3.63) is 23.4 Å². The van der Waals surface area contributed by atoms with Crippen LogP contribution in [0.4, 0.5) is 0 Å². The molecule has 0 saturated heterocycles. The second kappa shape index (κ2) is 3.99. The number of hydrogen-bond donors (Lipinski definition) is 2. The number of rotatable bonds is 1. The maximum absolute atomic E-state index is 6.02. The van der Waals surface area contributed by atoms with Crippen molar-refractivity contribution in [2.45, 2.75) is 26.3 Å². The summed E-state index contributed by atoms with van der Waals surface area (Å²) in [7, 11) is 0. The van der Waals surface area contributed by atoms with E-state index in [0.717, 1.165) is 12.3 Å². The zero-order chi connectivity index (χ0) is 10.1. The van der Waals surface area contributed by atoms with Gasteiger partial charge in [0.15, 0.2) is 0 Å². The summed E-state index contributed by atoms with van der Waals surface area (Å²) in [6.07, 6.45) is 5.74. The standard InChI is InChI=1S/C11H20N2S/c1-9(2)13-5-3-11-8-14(12)6-4-10(11)7-13/h3,5,9,14H,4,6-8,12H2,1-2H3. The summed E-state index contributed by atoms with van der Waals surface area (Å²) in [6, 6.07) is 0.613. The molecule has 0 aromatic heterocycles. The average Bonchev–Trinajstić information content (AvgIpc) is 2.16. The SMILES string of the molecule is CC(C)N1C=CC2=C(CC[SH](N)C2)C1. The molecule has 1 atom stereocenters. The van der Waals surface area contributed by atoms with Crippen molar-refractivity contribution in [2.24, 2.45) is 5.14 Å². The molecule has 2 nitrogen and oxygen atoms in total. The maximum Gasteiger partial charge on any atom is 0.0392 e. The van der Waals surface area contributed by atoms with Crippen molar-refractivity contribution < 1.29 is 0 Å². The van der Waals surface area contributed by atoms with Gasteiger partial charge in [0.1, 0.15) is 0 Å². The molecule has 14 heavy (non-hydrogen) atoms. The van der Waals surface area contributed by atoms with Gasteiger partial charge in [0.2, 0.25) is 0 Å². The fourth-order valence-corrected chi connectivity index (χ4v) is 3.50. The van der Waals surface area contributed by atoms with Crippen molar-refractivity contribution in [3.63, 3.8) is 0 Å². The van der Waals surface area contributed by atoms with Crippen LogP contribution in [0.5, 0.6) is 0 Å². The van der Waals surface area contributed by atoms with E-state index in [1.165, 1.54) is 17.7 Å². The summed E-state index contributed by atoms with van der Waals surface area (Å²) in [5, 5.41) is 6.02. The molecule has 2 aliphatic heterocycles. The molecule has 0 fully saturated rings. The Balaban J connectivity index is 2.10. The zero-order valence-corrected chi connectivity index (χ0v) is 9.93. The van der Waals surface area contributed by atoms with Crippen molar-refractivity contribution in [2.75, 3.05) is 18.1 Å². The van der Waals surface area contributed by atoms with E-state index >= 15 is 0 Å². The third-order valence-corrected chi connectivity index (χ3v) is 4.58. The van der Waals surface area contributed by atoms with Gasteiger partial charge in [0.25, 0.3) is 0 Å². The Kier molecular flexibility index (Phi) is 2.88. The van der Waals surface area contributed by atoms with Gasteiger partial charge in [-0.25, -0.2) is 11.1 Å². The number of nitrogens with two attached hydrogens (primary N) is 1. The molecule has 0 aromatic carbocycles. The summed E-state index contributed by atoms with van der Waals surface area (Å²) in [5.41, 5.74) is 3.16. The molecule has 0 aromatic rings. The molecule has 0 saturated carbocycles. The Morgan fingerprint density at radius 1 is 1.50 bits per heavy atom. The first kappa shape index (κ1) is 10.1. The van der Waals surface area contributed by atoms with Crippen LogP contribution in [0.2, 0.25) is 0 Å². The summed E-state index contributed by atoms with van der Waals surface area (Å²) in [4.78, 5) is 2.41. The van der Waals surface area contributed by atoms with Crippen LogP contribution < -0.4 is 5.14 Å². The molecule has 1 unspecified atom stereocenters. The molecule has 0 radical (unpaired) electrons. The van der Waals surface area contributed by atoms with E-state index in [0.29, 0.717) is 6.04 Å². The lowest BCUT2D eigenvalue weighted by atomic mass is 10.0. The molecular formula is C11H20N2S. The Labute approximate surface area is 89.3 Å². The van der Waals surface area contributed by atoms with E-state index in [1.807, 2.05) is 0 Å². The van der Waals surface area contributed by atoms with Gasteiger partial charge in [-0.2, -0.15) is 0 Å². The highest BCUT2D eigenvalue weighted by Gasteiger charge is 2.20. The number of allylic oxidation sites excluding steroid dienone is 1. The molecule has 0 bridgehead atoms. The van der Waals surface area contributed by atoms with Crippen molar-refractivity contribution in [1.82, 2.24) is 4.90 Å². The largest absolute Gasteiger partial charge is 0.371 e. The number of nitrogens with zero attached hydrogens (tertiary/aromatic N) is 1. The van der Waals surface area contributed by atoms with Gasteiger partial charge in [-0.3, -0.25) is 5.14 Å². The zero-order valence-electron chi connectivity index (χ0n) is 9.03. The van der Waals surface area contributed by atoms with Crippen LogP contribution in [0.15, 0.2) is 23.4 Å². The van der Waals surface area contributed by atoms with Crippen molar-refractivity contribution >= 4 is 11.1 Å². The lowest BCUT2D eigenvalue weighted by Gasteiger charge is -2.35. The highest BCUT2D eigenvalue weighted by Crippen LogP contribution is 2.33. The van der Waals surface area contributed by atoms with Crippen molar-refractivity contribution in [3.8, 4) is 0 Å². The molecule has 80 valence electrons. The molecule has 0 amide bonds. The Morgan fingerprint density at radius 3 is 3.00 bits per heavy atom. The monoisotopic (exact) mass is 212 g/mol. The second-order valence-electron chi connectivity index (χ2n) is 4.43. The molecular weight excluding hydrogens is 192 g/mol. The molecule has 0 aliphatic carbocycles. The van der Waals surface area contributed by atoms with Gasteiger partial charge in [-0.05, 0) is 49.4 Å². The topological polar surface area (TPSA) is 29.3 Å². The first-order valence-corrected chi connectivity index (χ1v) is 7.09. The summed E-state index contributed by atoms with van der Waals surface area (Å²) < 4.78 is 0. The van der Waals surface area contributed by atoms with Gasteiger partial charge in [0.05, 0.1) is 0 Å². The quantitative estimate of drug-likeness (QED) is 0.649. The van der Waals surface area contributed by atoms with E-state index in [4.69, 9.17) is 5.14 Å². The fraction of sp³-hybridized carbons (Fsp3) is 0.636. The summed E-state index contributed by atoms with van der Waals surface area (Å²) in [6.45, 7) is 5.62. The molecule has 2 rings (SSSR count). The summed E-state index contributed by atoms with van der Waals surface area (Å²) in [5.74, 6) is 2.38. The van der Waals surface area contributed by atoms with E-state index in [1.54, 1.807) is 5.57 Å². The van der Waals surface area contributed by atoms with Crippen LogP contribution in [0.3, 0.4) is 0 Å². The van der Waals surface area contributed by atoms with Gasteiger partial charge in [-0.1, -0.05) is 0 Å². The van der Waals surface area contributed by atoms with Crippen LogP contribution in [0.25, 0.3) is 0 Å². The second-order valence-corrected chi connectivity index (χ2v) is 6.37. The minimum absolute atomic E-state index is 0.192. The van der Waals surface area contributed by atoms with E-state index in [-0.39, 0.29) is 11.1 Å². The van der Waals surface area contributed by atoms with Gasteiger partial charge < -0.3 is 4.90 Å². The Morgan fingerprint density at radius 2 is 2.29 bits per heavy atom. The normalized spacial score (nSPS) is 29.7. The molecule has 2 aliphatic rings. The van der Waals surface area contributed by atoms with Crippen LogP contribution in [0, 0.1) is 0 Å². The Bertz CT molecular complexity index is 281. The first-order chi connectivity index (χ1) is 6.66. The number of hydrogen-bond acceptors (Lipinski definition) is 2. The van der Waals surface area contributed by atoms with E-state index in [2.05, 4.69) is 31.0 Å². The lowest BCUT2D eigenvalue weighted by molar-refractivity contribution is 0.328. The molecule has 0 spiro atoms. The maximum atomic E-state index is 6.02. The third kappa shape index (κ3) is 1.98. The fourth-order valence-electron chi connectivity index (χ4n) is 2.01. The van der Waals surface area contributed by atoms with Gasteiger partial charge >= 0.3 is 0 Å². The smallest absolute Gasteiger partial charge is 0.0392 e. The Hall–Kier alpha value is -0.410. The van der Waals surface area contributed by atoms with Crippen LogP contribution in [-0.2, 0) is 0 Å². The predicted molar refractivity (Wildman–Crippen MR) is 65.5 cm³/mol. The number of thiol groups is 1. The van der Waals surface area contributed by atoms with E-state index in [9.17, 15) is 0 Å². The molecule has 2 heterocycles. The molecule has 3 heteroatoms. The third-order valence-electron chi connectivity index (χ3n) is 3.03. The predicted octanol–water partition coefficient (Wildman–Crippen LogP) is 1.80.